The normalized spacial score (nSPS) is 12.1. The highest BCUT2D eigenvalue weighted by Crippen LogP contribution is 2.12. The smallest absolute Gasteiger partial charge is 0.329 e. The third-order valence-electron chi connectivity index (χ3n) is 3.15. The summed E-state index contributed by atoms with van der Waals surface area (Å²) in [4.78, 5) is 25.4. The Bertz CT molecular complexity index is 703. The number of nitrogen functional groups attached to an aromatic ring is 1. The molecule has 0 aliphatic carbocycles. The van der Waals surface area contributed by atoms with E-state index in [1.165, 1.54) is 11.6 Å². The Kier molecular flexibility index (Phi) is 3.93. The van der Waals surface area contributed by atoms with Gasteiger partial charge in [-0.05, 0) is 18.9 Å². The van der Waals surface area contributed by atoms with E-state index in [1.54, 1.807) is 0 Å². The van der Waals surface area contributed by atoms with Crippen LogP contribution in [-0.2, 0) is 13.5 Å². The van der Waals surface area contributed by atoms with Crippen LogP contribution in [0.4, 0.5) is 11.5 Å². The lowest BCUT2D eigenvalue weighted by atomic mass is 10.1. The number of benzene rings is 1. The van der Waals surface area contributed by atoms with E-state index in [4.69, 9.17) is 5.73 Å². The lowest BCUT2D eigenvalue weighted by molar-refractivity contribution is 0.769. The van der Waals surface area contributed by atoms with Gasteiger partial charge in [0.25, 0.3) is 5.56 Å². The molecule has 0 fully saturated rings. The Balaban J connectivity index is 2.20. The van der Waals surface area contributed by atoms with Gasteiger partial charge in [0.05, 0.1) is 0 Å². The van der Waals surface area contributed by atoms with E-state index in [1.807, 2.05) is 37.3 Å². The Morgan fingerprint density at radius 3 is 2.60 bits per heavy atom. The van der Waals surface area contributed by atoms with Crippen molar-refractivity contribution in [1.82, 2.24) is 9.55 Å². The van der Waals surface area contributed by atoms with E-state index >= 15 is 0 Å². The summed E-state index contributed by atoms with van der Waals surface area (Å²) in [6, 6.07) is 9.94. The zero-order chi connectivity index (χ0) is 14.7. The average molecular weight is 274 g/mol. The molecule has 0 amide bonds. The molecule has 1 aromatic carbocycles. The molecule has 1 aromatic heterocycles. The van der Waals surface area contributed by atoms with Gasteiger partial charge < -0.3 is 11.1 Å². The van der Waals surface area contributed by atoms with Crippen molar-refractivity contribution in [3.63, 3.8) is 0 Å². The first-order valence-corrected chi connectivity index (χ1v) is 6.38. The quantitative estimate of drug-likeness (QED) is 0.765. The van der Waals surface area contributed by atoms with Crippen LogP contribution in [-0.4, -0.2) is 15.6 Å². The van der Waals surface area contributed by atoms with Crippen LogP contribution >= 0.6 is 0 Å². The van der Waals surface area contributed by atoms with E-state index in [9.17, 15) is 9.59 Å². The minimum absolute atomic E-state index is 0.0123. The molecule has 0 bridgehead atoms. The summed E-state index contributed by atoms with van der Waals surface area (Å²) in [5, 5.41) is 3.07. The van der Waals surface area contributed by atoms with Crippen molar-refractivity contribution in [2.75, 3.05) is 11.1 Å². The number of anilines is 2. The number of H-pyrrole nitrogens is 1. The molecule has 0 saturated carbocycles. The van der Waals surface area contributed by atoms with Crippen molar-refractivity contribution < 1.29 is 0 Å². The molecule has 0 aliphatic rings. The minimum Gasteiger partial charge on any atom is -0.383 e. The lowest BCUT2D eigenvalue weighted by Crippen LogP contribution is -2.34. The van der Waals surface area contributed by atoms with Gasteiger partial charge in [-0.3, -0.25) is 14.3 Å². The monoisotopic (exact) mass is 274 g/mol. The SMILES string of the molecule is CC(Cc1ccccc1)Nc1c(N)n(C)c(=O)[nH]c1=O. The summed E-state index contributed by atoms with van der Waals surface area (Å²) in [5.74, 6) is 0.138. The average Bonchev–Trinajstić information content (AvgIpc) is 2.42. The molecular weight excluding hydrogens is 256 g/mol. The first-order chi connectivity index (χ1) is 9.49. The topological polar surface area (TPSA) is 92.9 Å². The van der Waals surface area contributed by atoms with Crippen molar-refractivity contribution in [1.29, 1.82) is 0 Å². The standard InChI is InChI=1S/C14H18N4O2/c1-9(8-10-6-4-3-5-7-10)16-11-12(15)18(2)14(20)17-13(11)19/h3-7,9,16H,8,15H2,1-2H3,(H,17,19,20). The van der Waals surface area contributed by atoms with Crippen LogP contribution in [0.5, 0.6) is 0 Å². The molecule has 0 radical (unpaired) electrons. The van der Waals surface area contributed by atoms with Crippen LogP contribution in [0.1, 0.15) is 12.5 Å². The Hall–Kier alpha value is -2.50. The zero-order valence-electron chi connectivity index (χ0n) is 11.5. The molecule has 0 saturated heterocycles. The number of hydrogen-bond donors (Lipinski definition) is 3. The number of hydrogen-bond acceptors (Lipinski definition) is 4. The van der Waals surface area contributed by atoms with Gasteiger partial charge in [0.1, 0.15) is 11.5 Å². The van der Waals surface area contributed by atoms with Gasteiger partial charge in [-0.25, -0.2) is 4.79 Å². The van der Waals surface area contributed by atoms with Crippen LogP contribution in [0.2, 0.25) is 0 Å². The summed E-state index contributed by atoms with van der Waals surface area (Å²) in [6.07, 6.45) is 0.753. The van der Waals surface area contributed by atoms with Crippen molar-refractivity contribution in [2.24, 2.45) is 7.05 Å². The second-order valence-corrected chi connectivity index (χ2v) is 4.81. The molecule has 4 N–H and O–H groups in total. The van der Waals surface area contributed by atoms with Gasteiger partial charge in [-0.15, -0.1) is 0 Å². The third kappa shape index (κ3) is 2.90. The highest BCUT2D eigenvalue weighted by atomic mass is 16.2. The van der Waals surface area contributed by atoms with Gasteiger partial charge in [0.2, 0.25) is 0 Å². The molecular formula is C14H18N4O2. The van der Waals surface area contributed by atoms with E-state index < -0.39 is 11.2 Å². The highest BCUT2D eigenvalue weighted by Gasteiger charge is 2.12. The number of nitrogens with zero attached hydrogens (tertiary/aromatic N) is 1. The van der Waals surface area contributed by atoms with Gasteiger partial charge in [0, 0.05) is 13.1 Å². The third-order valence-corrected chi connectivity index (χ3v) is 3.15. The van der Waals surface area contributed by atoms with Crippen LogP contribution < -0.4 is 22.3 Å². The van der Waals surface area contributed by atoms with Crippen LogP contribution in [0.3, 0.4) is 0 Å². The Labute approximate surface area is 116 Å². The minimum atomic E-state index is -0.520. The van der Waals surface area contributed by atoms with Crippen molar-refractivity contribution in [3.05, 3.63) is 56.7 Å². The number of rotatable bonds is 4. The predicted molar refractivity (Wildman–Crippen MR) is 79.9 cm³/mol. The maximum Gasteiger partial charge on any atom is 0.329 e. The zero-order valence-corrected chi connectivity index (χ0v) is 11.5. The summed E-state index contributed by atoms with van der Waals surface area (Å²) < 4.78 is 1.21. The van der Waals surface area contributed by atoms with Gasteiger partial charge >= 0.3 is 5.69 Å². The Morgan fingerprint density at radius 1 is 1.30 bits per heavy atom. The van der Waals surface area contributed by atoms with Crippen LogP contribution in [0.25, 0.3) is 0 Å². The second kappa shape index (κ2) is 5.64. The van der Waals surface area contributed by atoms with E-state index in [0.29, 0.717) is 0 Å². The lowest BCUT2D eigenvalue weighted by Gasteiger charge is -2.17. The molecule has 2 rings (SSSR count). The highest BCUT2D eigenvalue weighted by molar-refractivity contribution is 5.60. The molecule has 0 spiro atoms. The summed E-state index contributed by atoms with van der Waals surface area (Å²) in [7, 11) is 1.51. The molecule has 6 nitrogen and oxygen atoms in total. The van der Waals surface area contributed by atoms with Gasteiger partial charge in [-0.2, -0.15) is 0 Å². The summed E-state index contributed by atoms with van der Waals surface area (Å²) >= 11 is 0. The predicted octanol–water partition coefficient (Wildman–Crippen LogP) is 0.699. The molecule has 1 atom stereocenters. The van der Waals surface area contributed by atoms with E-state index in [0.717, 1.165) is 12.0 Å². The van der Waals surface area contributed by atoms with E-state index in [2.05, 4.69) is 10.3 Å². The molecule has 2 aromatic rings. The molecule has 1 heterocycles. The number of nitrogens with one attached hydrogen (secondary N) is 2. The molecule has 0 aliphatic heterocycles. The number of aromatic nitrogens is 2. The fraction of sp³-hybridized carbons (Fsp3) is 0.286. The molecule has 1 unspecified atom stereocenters. The van der Waals surface area contributed by atoms with E-state index in [-0.39, 0.29) is 17.5 Å². The Morgan fingerprint density at radius 2 is 1.95 bits per heavy atom. The summed E-state index contributed by atoms with van der Waals surface area (Å²) in [5.41, 5.74) is 6.18. The summed E-state index contributed by atoms with van der Waals surface area (Å²) in [6.45, 7) is 1.96. The maximum absolute atomic E-state index is 11.8. The molecule has 106 valence electrons. The number of aromatic amines is 1. The van der Waals surface area contributed by atoms with Crippen LogP contribution in [0, 0.1) is 0 Å². The van der Waals surface area contributed by atoms with Crippen molar-refractivity contribution >= 4 is 11.5 Å². The first-order valence-electron chi connectivity index (χ1n) is 6.38. The van der Waals surface area contributed by atoms with Crippen molar-refractivity contribution in [2.45, 2.75) is 19.4 Å². The fourth-order valence-electron chi connectivity index (χ4n) is 2.04. The molecule has 6 heteroatoms. The van der Waals surface area contributed by atoms with Crippen LogP contribution in [0.15, 0.2) is 39.9 Å². The largest absolute Gasteiger partial charge is 0.383 e. The molecule has 20 heavy (non-hydrogen) atoms. The van der Waals surface area contributed by atoms with Crippen molar-refractivity contribution in [3.8, 4) is 0 Å². The fourth-order valence-corrected chi connectivity index (χ4v) is 2.04. The second-order valence-electron chi connectivity index (χ2n) is 4.81. The first kappa shape index (κ1) is 13.9. The van der Waals surface area contributed by atoms with Gasteiger partial charge in [0.15, 0.2) is 0 Å². The maximum atomic E-state index is 11.8. The van der Waals surface area contributed by atoms with Gasteiger partial charge in [-0.1, -0.05) is 30.3 Å². The number of nitrogens with two attached hydrogens (primary N) is 1.